The first-order valence-corrected chi connectivity index (χ1v) is 15.9. The summed E-state index contributed by atoms with van der Waals surface area (Å²) in [5, 5.41) is 4.44. The first kappa shape index (κ1) is 27.7. The van der Waals surface area contributed by atoms with Crippen LogP contribution in [0.15, 0.2) is 164 Å². The quantitative estimate of drug-likeness (QED) is 0.181. The van der Waals surface area contributed by atoms with Crippen molar-refractivity contribution in [2.75, 3.05) is 0 Å². The zero-order chi connectivity index (χ0) is 31.9. The van der Waals surface area contributed by atoms with Crippen LogP contribution in [0.2, 0.25) is 0 Å². The van der Waals surface area contributed by atoms with Gasteiger partial charge in [-0.3, -0.25) is 9.97 Å². The summed E-state index contributed by atoms with van der Waals surface area (Å²) in [5.41, 5.74) is 11.3. The van der Waals surface area contributed by atoms with Crippen molar-refractivity contribution >= 4 is 32.6 Å². The summed E-state index contributed by atoms with van der Waals surface area (Å²) >= 11 is 0. The normalized spacial score (nSPS) is 11.3. The maximum atomic E-state index is 5.18. The Kier molecular flexibility index (Phi) is 6.72. The predicted octanol–water partition coefficient (Wildman–Crippen LogP) is 10.5. The average molecular weight is 614 g/mol. The minimum atomic E-state index is 0.810. The van der Waals surface area contributed by atoms with Crippen molar-refractivity contribution < 1.29 is 0 Å². The van der Waals surface area contributed by atoms with Crippen LogP contribution in [0.4, 0.5) is 0 Å². The Morgan fingerprint density at radius 1 is 0.271 bits per heavy atom. The van der Waals surface area contributed by atoms with Crippen molar-refractivity contribution in [1.29, 1.82) is 0 Å². The van der Waals surface area contributed by atoms with Crippen LogP contribution in [0.5, 0.6) is 0 Å². The van der Waals surface area contributed by atoms with Crippen molar-refractivity contribution in [3.05, 3.63) is 164 Å². The SMILES string of the molecule is c1ccc(-c2ccc3ccc4ccc(-c5ccc6cc(-c7cc(-c8ccccn8)nc(-c8ccccn8)c7)ccc6c5)nc4c3n2)cc1. The molecule has 9 rings (SSSR count). The van der Waals surface area contributed by atoms with Gasteiger partial charge >= 0.3 is 0 Å². The van der Waals surface area contributed by atoms with Crippen molar-refractivity contribution in [2.45, 2.75) is 0 Å². The highest BCUT2D eigenvalue weighted by molar-refractivity contribution is 6.04. The number of benzene rings is 4. The highest BCUT2D eigenvalue weighted by Gasteiger charge is 2.12. The molecule has 0 saturated carbocycles. The summed E-state index contributed by atoms with van der Waals surface area (Å²) in [6.45, 7) is 0. The molecular formula is C43H27N5. The molecule has 0 saturated heterocycles. The number of aromatic nitrogens is 5. The van der Waals surface area contributed by atoms with Crippen LogP contribution in [0.1, 0.15) is 0 Å². The van der Waals surface area contributed by atoms with E-state index in [1.54, 1.807) is 12.4 Å². The third kappa shape index (κ3) is 5.13. The first-order valence-electron chi connectivity index (χ1n) is 15.9. The lowest BCUT2D eigenvalue weighted by atomic mass is 9.97. The van der Waals surface area contributed by atoms with E-state index in [4.69, 9.17) is 15.0 Å². The van der Waals surface area contributed by atoms with E-state index >= 15 is 0 Å². The molecule has 224 valence electrons. The molecule has 5 nitrogen and oxygen atoms in total. The Balaban J connectivity index is 1.11. The molecular weight excluding hydrogens is 587 g/mol. The standard InChI is InChI=1S/C43H27N5/c1-2-8-28(9-3-1)36-20-18-29-12-13-30-19-21-37(48-43(30)42(29)47-36)34-17-16-31-24-33(15-14-32(31)25-34)35-26-40(38-10-4-6-22-44-38)46-41(27-35)39-11-5-7-23-45-39/h1-27H. The van der Waals surface area contributed by atoms with Gasteiger partial charge in [-0.15, -0.1) is 0 Å². The highest BCUT2D eigenvalue weighted by Crippen LogP contribution is 2.33. The molecule has 0 amide bonds. The van der Waals surface area contributed by atoms with E-state index in [-0.39, 0.29) is 0 Å². The molecule has 0 fully saturated rings. The van der Waals surface area contributed by atoms with Crippen LogP contribution in [0.25, 0.3) is 89.0 Å². The van der Waals surface area contributed by atoms with E-state index in [1.807, 2.05) is 54.6 Å². The molecule has 0 aliphatic heterocycles. The molecule has 9 aromatic rings. The van der Waals surface area contributed by atoms with Gasteiger partial charge in [-0.05, 0) is 82.6 Å². The number of hydrogen-bond donors (Lipinski definition) is 0. The molecule has 48 heavy (non-hydrogen) atoms. The van der Waals surface area contributed by atoms with Crippen molar-refractivity contribution in [1.82, 2.24) is 24.9 Å². The Morgan fingerprint density at radius 2 is 0.771 bits per heavy atom. The van der Waals surface area contributed by atoms with Crippen molar-refractivity contribution in [2.24, 2.45) is 0 Å². The summed E-state index contributed by atoms with van der Waals surface area (Å²) in [5.74, 6) is 0. The third-order valence-electron chi connectivity index (χ3n) is 8.74. The Hall–Kier alpha value is -6.59. The maximum absolute atomic E-state index is 5.18. The fourth-order valence-electron chi connectivity index (χ4n) is 6.27. The Labute approximate surface area is 277 Å². The molecule has 4 aromatic carbocycles. The second-order valence-electron chi connectivity index (χ2n) is 11.8. The average Bonchev–Trinajstić information content (AvgIpc) is 3.18. The topological polar surface area (TPSA) is 64.5 Å². The molecule has 0 N–H and O–H groups in total. The van der Waals surface area contributed by atoms with Gasteiger partial charge in [0.05, 0.1) is 45.2 Å². The number of fused-ring (bicyclic) bond motifs is 4. The summed E-state index contributed by atoms with van der Waals surface area (Å²) in [4.78, 5) is 24.3. The number of hydrogen-bond acceptors (Lipinski definition) is 5. The molecule has 0 radical (unpaired) electrons. The lowest BCUT2D eigenvalue weighted by Gasteiger charge is -2.11. The maximum Gasteiger partial charge on any atom is 0.0972 e. The van der Waals surface area contributed by atoms with Crippen molar-refractivity contribution in [3.63, 3.8) is 0 Å². The van der Waals surface area contributed by atoms with Crippen LogP contribution >= 0.6 is 0 Å². The highest BCUT2D eigenvalue weighted by atomic mass is 14.8. The van der Waals surface area contributed by atoms with Crippen molar-refractivity contribution in [3.8, 4) is 56.4 Å². The second-order valence-corrected chi connectivity index (χ2v) is 11.8. The molecule has 0 aliphatic rings. The lowest BCUT2D eigenvalue weighted by molar-refractivity contribution is 1.22. The second kappa shape index (κ2) is 11.6. The number of rotatable bonds is 5. The molecule has 0 aliphatic carbocycles. The van der Waals surface area contributed by atoms with E-state index in [9.17, 15) is 0 Å². The summed E-state index contributed by atoms with van der Waals surface area (Å²) < 4.78 is 0. The van der Waals surface area contributed by atoms with Crippen LogP contribution < -0.4 is 0 Å². The smallest absolute Gasteiger partial charge is 0.0972 e. The van der Waals surface area contributed by atoms with Gasteiger partial charge in [0.25, 0.3) is 0 Å². The summed E-state index contributed by atoms with van der Waals surface area (Å²) in [6.07, 6.45) is 3.59. The van der Waals surface area contributed by atoms with E-state index in [0.717, 1.165) is 89.0 Å². The monoisotopic (exact) mass is 613 g/mol. The largest absolute Gasteiger partial charge is 0.255 e. The molecule has 0 bridgehead atoms. The van der Waals surface area contributed by atoms with Gasteiger partial charge in [0.2, 0.25) is 0 Å². The molecule has 0 spiro atoms. The summed E-state index contributed by atoms with van der Waals surface area (Å²) in [7, 11) is 0. The minimum absolute atomic E-state index is 0.810. The zero-order valence-electron chi connectivity index (χ0n) is 25.8. The zero-order valence-corrected chi connectivity index (χ0v) is 25.8. The van der Waals surface area contributed by atoms with Crippen LogP contribution in [0.3, 0.4) is 0 Å². The van der Waals surface area contributed by atoms with Crippen LogP contribution in [-0.2, 0) is 0 Å². The fraction of sp³-hybridized carbons (Fsp3) is 0. The van der Waals surface area contributed by atoms with Gasteiger partial charge in [0.1, 0.15) is 0 Å². The van der Waals surface area contributed by atoms with Gasteiger partial charge in [0.15, 0.2) is 0 Å². The number of nitrogens with zero attached hydrogens (tertiary/aromatic N) is 5. The molecule has 0 unspecified atom stereocenters. The summed E-state index contributed by atoms with van der Waals surface area (Å²) in [6, 6.07) is 52.1. The van der Waals surface area contributed by atoms with Crippen LogP contribution in [-0.4, -0.2) is 24.9 Å². The van der Waals surface area contributed by atoms with Gasteiger partial charge in [-0.2, -0.15) is 0 Å². The number of pyridine rings is 5. The van der Waals surface area contributed by atoms with Gasteiger partial charge in [-0.25, -0.2) is 15.0 Å². The Morgan fingerprint density at radius 3 is 1.35 bits per heavy atom. The van der Waals surface area contributed by atoms with E-state index in [2.05, 4.69) is 107 Å². The van der Waals surface area contributed by atoms with Gasteiger partial charge in [-0.1, -0.05) is 91.0 Å². The molecule has 0 atom stereocenters. The van der Waals surface area contributed by atoms with E-state index < -0.39 is 0 Å². The predicted molar refractivity (Wildman–Crippen MR) is 195 cm³/mol. The lowest BCUT2D eigenvalue weighted by Crippen LogP contribution is -1.94. The van der Waals surface area contributed by atoms with Gasteiger partial charge < -0.3 is 0 Å². The Bertz CT molecular complexity index is 2550. The first-order chi connectivity index (χ1) is 23.7. The minimum Gasteiger partial charge on any atom is -0.255 e. The third-order valence-corrected chi connectivity index (χ3v) is 8.74. The fourth-order valence-corrected chi connectivity index (χ4v) is 6.27. The van der Waals surface area contributed by atoms with E-state index in [0.29, 0.717) is 0 Å². The molecule has 5 heteroatoms. The van der Waals surface area contributed by atoms with E-state index in [1.165, 1.54) is 0 Å². The molecule has 5 heterocycles. The van der Waals surface area contributed by atoms with Crippen LogP contribution in [0, 0.1) is 0 Å². The van der Waals surface area contributed by atoms with Gasteiger partial charge in [0, 0.05) is 34.3 Å². The molecule has 5 aromatic heterocycles.